The van der Waals surface area contributed by atoms with Crippen LogP contribution in [0.15, 0.2) is 0 Å². The Morgan fingerprint density at radius 2 is 1.85 bits per heavy atom. The third-order valence-electron chi connectivity index (χ3n) is 2.55. The SMILES string of the molecule is COCCO[C@@H]1CCC[C@@H](OC)C1. The number of ether oxygens (including phenoxy) is 3. The zero-order valence-electron chi connectivity index (χ0n) is 8.62. The molecule has 0 bridgehead atoms. The Morgan fingerprint density at radius 1 is 1.08 bits per heavy atom. The van der Waals surface area contributed by atoms with Gasteiger partial charge in [0, 0.05) is 14.2 Å². The Balaban J connectivity index is 2.11. The average Bonchev–Trinajstić information content (AvgIpc) is 2.19. The molecule has 3 nitrogen and oxygen atoms in total. The number of hydrogen-bond acceptors (Lipinski definition) is 3. The second kappa shape index (κ2) is 6.35. The van der Waals surface area contributed by atoms with Gasteiger partial charge in [-0.25, -0.2) is 0 Å². The highest BCUT2D eigenvalue weighted by molar-refractivity contribution is 4.73. The minimum atomic E-state index is 0.383. The molecule has 1 saturated carbocycles. The smallest absolute Gasteiger partial charge is 0.0704 e. The molecule has 0 N–H and O–H groups in total. The van der Waals surface area contributed by atoms with Gasteiger partial charge in [0.25, 0.3) is 0 Å². The first-order chi connectivity index (χ1) is 6.36. The fourth-order valence-electron chi connectivity index (χ4n) is 1.77. The van der Waals surface area contributed by atoms with Gasteiger partial charge < -0.3 is 14.2 Å². The van der Waals surface area contributed by atoms with E-state index in [1.54, 1.807) is 14.2 Å². The fourth-order valence-corrected chi connectivity index (χ4v) is 1.77. The second-order valence-corrected chi connectivity index (χ2v) is 3.51. The van der Waals surface area contributed by atoms with Gasteiger partial charge in [-0.1, -0.05) is 0 Å². The van der Waals surface area contributed by atoms with Gasteiger partial charge >= 0.3 is 0 Å². The molecule has 0 aromatic rings. The zero-order chi connectivity index (χ0) is 9.52. The molecule has 1 fully saturated rings. The molecule has 0 aliphatic heterocycles. The highest BCUT2D eigenvalue weighted by Gasteiger charge is 2.21. The van der Waals surface area contributed by atoms with Crippen LogP contribution in [0.2, 0.25) is 0 Å². The molecule has 0 heterocycles. The largest absolute Gasteiger partial charge is 0.382 e. The van der Waals surface area contributed by atoms with Gasteiger partial charge in [0.05, 0.1) is 25.4 Å². The number of methoxy groups -OCH3 is 2. The molecule has 0 saturated heterocycles. The Bertz CT molecular complexity index is 127. The van der Waals surface area contributed by atoms with Crippen LogP contribution in [-0.4, -0.2) is 39.6 Å². The molecule has 1 aliphatic rings. The lowest BCUT2D eigenvalue weighted by atomic mass is 9.95. The monoisotopic (exact) mass is 188 g/mol. The van der Waals surface area contributed by atoms with Gasteiger partial charge in [0.2, 0.25) is 0 Å². The molecular formula is C10H20O3. The summed E-state index contributed by atoms with van der Waals surface area (Å²) in [6.07, 6.45) is 5.40. The molecule has 0 amide bonds. The van der Waals surface area contributed by atoms with Crippen molar-refractivity contribution in [2.24, 2.45) is 0 Å². The Labute approximate surface area is 80.4 Å². The van der Waals surface area contributed by atoms with Crippen LogP contribution in [-0.2, 0) is 14.2 Å². The molecule has 0 aromatic carbocycles. The van der Waals surface area contributed by atoms with E-state index in [0.29, 0.717) is 25.4 Å². The van der Waals surface area contributed by atoms with Crippen LogP contribution in [0.1, 0.15) is 25.7 Å². The van der Waals surface area contributed by atoms with E-state index in [-0.39, 0.29) is 0 Å². The highest BCUT2D eigenvalue weighted by atomic mass is 16.5. The summed E-state index contributed by atoms with van der Waals surface area (Å²) in [7, 11) is 3.48. The van der Waals surface area contributed by atoms with Crippen molar-refractivity contribution in [3.8, 4) is 0 Å². The van der Waals surface area contributed by atoms with E-state index in [4.69, 9.17) is 14.2 Å². The Kier molecular flexibility index (Phi) is 5.35. The van der Waals surface area contributed by atoms with Crippen LogP contribution in [0.3, 0.4) is 0 Å². The van der Waals surface area contributed by atoms with Crippen LogP contribution in [0, 0.1) is 0 Å². The van der Waals surface area contributed by atoms with Crippen molar-refractivity contribution >= 4 is 0 Å². The van der Waals surface area contributed by atoms with E-state index in [0.717, 1.165) is 6.42 Å². The first kappa shape index (κ1) is 11.0. The molecule has 1 rings (SSSR count). The minimum Gasteiger partial charge on any atom is -0.382 e. The first-order valence-electron chi connectivity index (χ1n) is 5.00. The average molecular weight is 188 g/mol. The minimum absolute atomic E-state index is 0.383. The van der Waals surface area contributed by atoms with E-state index < -0.39 is 0 Å². The second-order valence-electron chi connectivity index (χ2n) is 3.51. The van der Waals surface area contributed by atoms with Crippen LogP contribution in [0.5, 0.6) is 0 Å². The van der Waals surface area contributed by atoms with Crippen molar-refractivity contribution < 1.29 is 14.2 Å². The van der Waals surface area contributed by atoms with Gasteiger partial charge in [0.15, 0.2) is 0 Å². The topological polar surface area (TPSA) is 27.7 Å². The van der Waals surface area contributed by atoms with E-state index in [1.165, 1.54) is 19.3 Å². The standard InChI is InChI=1S/C10H20O3/c1-11-6-7-13-10-5-3-4-9(8-10)12-2/h9-10H,3-8H2,1-2H3/t9-,10-/m1/s1. The molecule has 0 radical (unpaired) electrons. The van der Waals surface area contributed by atoms with Gasteiger partial charge in [-0.2, -0.15) is 0 Å². The molecule has 0 spiro atoms. The lowest BCUT2D eigenvalue weighted by Gasteiger charge is -2.28. The summed E-state index contributed by atoms with van der Waals surface area (Å²) in [5.74, 6) is 0. The lowest BCUT2D eigenvalue weighted by Crippen LogP contribution is -2.28. The van der Waals surface area contributed by atoms with Crippen LogP contribution < -0.4 is 0 Å². The maximum Gasteiger partial charge on any atom is 0.0704 e. The summed E-state index contributed by atoms with van der Waals surface area (Å²) in [6, 6.07) is 0. The van der Waals surface area contributed by atoms with Crippen molar-refractivity contribution in [1.82, 2.24) is 0 Å². The summed E-state index contributed by atoms with van der Waals surface area (Å²) in [5, 5.41) is 0. The van der Waals surface area contributed by atoms with Crippen molar-refractivity contribution in [3.05, 3.63) is 0 Å². The molecule has 2 atom stereocenters. The Hall–Kier alpha value is -0.120. The van der Waals surface area contributed by atoms with Gasteiger partial charge in [-0.3, -0.25) is 0 Å². The first-order valence-corrected chi connectivity index (χ1v) is 5.00. The summed E-state index contributed by atoms with van der Waals surface area (Å²) in [4.78, 5) is 0. The van der Waals surface area contributed by atoms with E-state index in [1.807, 2.05) is 0 Å². The lowest BCUT2D eigenvalue weighted by molar-refractivity contribution is -0.0421. The van der Waals surface area contributed by atoms with Crippen LogP contribution in [0.4, 0.5) is 0 Å². The number of hydrogen-bond donors (Lipinski definition) is 0. The van der Waals surface area contributed by atoms with Crippen molar-refractivity contribution in [1.29, 1.82) is 0 Å². The molecule has 78 valence electrons. The Morgan fingerprint density at radius 3 is 2.54 bits per heavy atom. The molecule has 13 heavy (non-hydrogen) atoms. The summed E-state index contributed by atoms with van der Waals surface area (Å²) in [5.41, 5.74) is 0. The normalized spacial score (nSPS) is 29.1. The predicted molar refractivity (Wildman–Crippen MR) is 50.9 cm³/mol. The van der Waals surface area contributed by atoms with Gasteiger partial charge in [-0.05, 0) is 25.7 Å². The summed E-state index contributed by atoms with van der Waals surface area (Å²) >= 11 is 0. The quantitative estimate of drug-likeness (QED) is 0.613. The number of rotatable bonds is 5. The van der Waals surface area contributed by atoms with Crippen molar-refractivity contribution in [2.75, 3.05) is 27.4 Å². The third kappa shape index (κ3) is 4.07. The third-order valence-corrected chi connectivity index (χ3v) is 2.55. The fraction of sp³-hybridized carbons (Fsp3) is 1.00. The van der Waals surface area contributed by atoms with Crippen LogP contribution in [0.25, 0.3) is 0 Å². The predicted octanol–water partition coefficient (Wildman–Crippen LogP) is 1.61. The van der Waals surface area contributed by atoms with Crippen molar-refractivity contribution in [2.45, 2.75) is 37.9 Å². The van der Waals surface area contributed by atoms with E-state index in [9.17, 15) is 0 Å². The molecule has 1 aliphatic carbocycles. The molecular weight excluding hydrogens is 168 g/mol. The van der Waals surface area contributed by atoms with Crippen molar-refractivity contribution in [3.63, 3.8) is 0 Å². The zero-order valence-corrected chi connectivity index (χ0v) is 8.62. The van der Waals surface area contributed by atoms with Crippen LogP contribution >= 0.6 is 0 Å². The van der Waals surface area contributed by atoms with Gasteiger partial charge in [-0.15, -0.1) is 0 Å². The maximum atomic E-state index is 5.65. The molecule has 3 heteroatoms. The van der Waals surface area contributed by atoms with Gasteiger partial charge in [0.1, 0.15) is 0 Å². The molecule has 0 aromatic heterocycles. The molecule has 0 unspecified atom stereocenters. The maximum absolute atomic E-state index is 5.65. The van der Waals surface area contributed by atoms with E-state index >= 15 is 0 Å². The summed E-state index contributed by atoms with van der Waals surface area (Å²) < 4.78 is 15.9. The summed E-state index contributed by atoms with van der Waals surface area (Å²) in [6.45, 7) is 1.39. The highest BCUT2D eigenvalue weighted by Crippen LogP contribution is 2.22. The van der Waals surface area contributed by atoms with E-state index in [2.05, 4.69) is 0 Å².